The summed E-state index contributed by atoms with van der Waals surface area (Å²) in [6, 6.07) is 9.70. The highest BCUT2D eigenvalue weighted by atomic mass is 19.4. The predicted octanol–water partition coefficient (Wildman–Crippen LogP) is 6.89. The maximum atomic E-state index is 13.5. The lowest BCUT2D eigenvalue weighted by molar-refractivity contribution is -0.143. The molecule has 3 aliphatic rings. The lowest BCUT2D eigenvalue weighted by Gasteiger charge is -2.52. The van der Waals surface area contributed by atoms with Gasteiger partial charge in [-0.05, 0) is 67.1 Å². The number of pyridine rings is 1. The van der Waals surface area contributed by atoms with Gasteiger partial charge in [-0.3, -0.25) is 19.5 Å². The average Bonchev–Trinajstić information content (AvgIpc) is 2.99. The van der Waals surface area contributed by atoms with Gasteiger partial charge in [0.25, 0.3) is 10.9 Å². The fourth-order valence-electron chi connectivity index (χ4n) is 6.73. The van der Waals surface area contributed by atoms with E-state index in [2.05, 4.69) is 27.4 Å². The van der Waals surface area contributed by atoms with Crippen molar-refractivity contribution in [1.82, 2.24) is 9.88 Å². The molecule has 3 aromatic carbocycles. The van der Waals surface area contributed by atoms with Crippen molar-refractivity contribution in [2.75, 3.05) is 23.7 Å². The number of halogens is 6. The second kappa shape index (κ2) is 10.7. The summed E-state index contributed by atoms with van der Waals surface area (Å²) in [6.07, 6.45) is -5.57. The second-order valence-electron chi connectivity index (χ2n) is 11.4. The Kier molecular flexibility index (Phi) is 7.22. The molecule has 226 valence electrons. The standard InChI is InChI=1S/C31H28F6N4O2/c1-2-16-15-41-10-8-17(16)11-24(41)25(22-7-9-38-23-6-4-3-5-21(22)23)40-27-26(28(42)29(27)43)39-20-13-18(30(32,33)34)12-19(14-20)31(35,36)37/h3-7,9,12-14,16-17,24-25,39-40H,2,8,10-11,15H2,1H3. The molecule has 0 saturated carbocycles. The Morgan fingerprint density at radius 1 is 0.953 bits per heavy atom. The number of piperidine rings is 3. The van der Waals surface area contributed by atoms with Crippen LogP contribution in [0.15, 0.2) is 64.3 Å². The van der Waals surface area contributed by atoms with E-state index < -0.39 is 46.1 Å². The van der Waals surface area contributed by atoms with Crippen LogP contribution in [0.1, 0.15) is 48.9 Å². The molecule has 2 N–H and O–H groups in total. The van der Waals surface area contributed by atoms with Crippen LogP contribution < -0.4 is 21.5 Å². The van der Waals surface area contributed by atoms with E-state index in [0.717, 1.165) is 48.8 Å². The number of alkyl halides is 6. The van der Waals surface area contributed by atoms with Crippen LogP contribution in [0, 0.1) is 11.8 Å². The zero-order chi connectivity index (χ0) is 30.7. The second-order valence-corrected chi connectivity index (χ2v) is 11.4. The summed E-state index contributed by atoms with van der Waals surface area (Å²) in [6.45, 7) is 3.88. The minimum absolute atomic E-state index is 0.00712. The van der Waals surface area contributed by atoms with Gasteiger partial charge in [0.1, 0.15) is 11.4 Å². The van der Waals surface area contributed by atoms with E-state index in [1.54, 1.807) is 6.20 Å². The molecular formula is C31H28F6N4O2. The largest absolute Gasteiger partial charge is 0.416 e. The van der Waals surface area contributed by atoms with Crippen LogP contribution in [-0.2, 0) is 12.4 Å². The first-order valence-corrected chi connectivity index (χ1v) is 14.1. The Morgan fingerprint density at radius 2 is 1.63 bits per heavy atom. The molecule has 3 fully saturated rings. The van der Waals surface area contributed by atoms with Crippen molar-refractivity contribution in [1.29, 1.82) is 0 Å². The van der Waals surface area contributed by atoms with E-state index in [0.29, 0.717) is 24.0 Å². The highest BCUT2D eigenvalue weighted by Gasteiger charge is 2.44. The molecule has 0 radical (unpaired) electrons. The minimum atomic E-state index is -5.06. The number of hydrogen-bond donors (Lipinski definition) is 2. The Morgan fingerprint density at radius 3 is 2.26 bits per heavy atom. The van der Waals surface area contributed by atoms with Crippen LogP contribution in [0.25, 0.3) is 10.9 Å². The number of aromatic nitrogens is 1. The van der Waals surface area contributed by atoms with Crippen LogP contribution in [0.2, 0.25) is 0 Å². The normalized spacial score (nSPS) is 23.0. The maximum Gasteiger partial charge on any atom is 0.416 e. The number of fused-ring (bicyclic) bond motifs is 4. The van der Waals surface area contributed by atoms with Gasteiger partial charge >= 0.3 is 12.4 Å². The van der Waals surface area contributed by atoms with Gasteiger partial charge in [-0.2, -0.15) is 26.3 Å². The third-order valence-corrected chi connectivity index (χ3v) is 8.93. The monoisotopic (exact) mass is 602 g/mol. The van der Waals surface area contributed by atoms with Gasteiger partial charge in [0.15, 0.2) is 0 Å². The molecule has 0 aliphatic carbocycles. The fourth-order valence-corrected chi connectivity index (χ4v) is 6.73. The van der Waals surface area contributed by atoms with Crippen molar-refractivity contribution < 1.29 is 26.3 Å². The first-order chi connectivity index (χ1) is 20.3. The maximum absolute atomic E-state index is 13.5. The molecule has 0 spiro atoms. The van der Waals surface area contributed by atoms with E-state index in [4.69, 9.17) is 0 Å². The highest BCUT2D eigenvalue weighted by Crippen LogP contribution is 2.44. The lowest BCUT2D eigenvalue weighted by atomic mass is 9.72. The molecule has 3 aliphatic heterocycles. The van der Waals surface area contributed by atoms with E-state index in [1.807, 2.05) is 30.3 Å². The van der Waals surface area contributed by atoms with Gasteiger partial charge in [0.05, 0.1) is 22.7 Å². The Hall–Kier alpha value is -3.93. The lowest BCUT2D eigenvalue weighted by Crippen LogP contribution is -2.56. The smallest absolute Gasteiger partial charge is 0.372 e. The van der Waals surface area contributed by atoms with Gasteiger partial charge in [0, 0.05) is 29.9 Å². The SMILES string of the molecule is CCC1CN2CCC1CC2C(Nc1c(Nc2cc(C(F)(F)F)cc(C(F)(F)F)c2)c(=O)c1=O)c1ccnc2ccccc12. The van der Waals surface area contributed by atoms with Gasteiger partial charge < -0.3 is 10.6 Å². The molecule has 5 unspecified atom stereocenters. The molecule has 5 atom stereocenters. The molecule has 12 heteroatoms. The van der Waals surface area contributed by atoms with E-state index >= 15 is 0 Å². The summed E-state index contributed by atoms with van der Waals surface area (Å²) in [5.74, 6) is 1.00. The molecule has 4 heterocycles. The van der Waals surface area contributed by atoms with E-state index in [1.165, 1.54) is 0 Å². The van der Waals surface area contributed by atoms with Crippen LogP contribution in [-0.4, -0.2) is 29.0 Å². The van der Waals surface area contributed by atoms with Crippen molar-refractivity contribution in [3.05, 3.63) is 91.9 Å². The zero-order valence-electron chi connectivity index (χ0n) is 23.0. The summed E-state index contributed by atoms with van der Waals surface area (Å²) in [5.41, 5.74) is -4.57. The molecular weight excluding hydrogens is 574 g/mol. The van der Waals surface area contributed by atoms with Crippen LogP contribution >= 0.6 is 0 Å². The summed E-state index contributed by atoms with van der Waals surface area (Å²) in [7, 11) is 0. The van der Waals surface area contributed by atoms with Crippen LogP contribution in [0.4, 0.5) is 43.4 Å². The van der Waals surface area contributed by atoms with Gasteiger partial charge in [-0.25, -0.2) is 0 Å². The number of nitrogens with zero attached hydrogens (tertiary/aromatic N) is 2. The Labute approximate surface area is 242 Å². The first-order valence-electron chi connectivity index (χ1n) is 14.1. The highest BCUT2D eigenvalue weighted by molar-refractivity contribution is 5.84. The third kappa shape index (κ3) is 5.37. The molecule has 2 bridgehead atoms. The molecule has 6 nitrogen and oxygen atoms in total. The molecule has 43 heavy (non-hydrogen) atoms. The minimum Gasteiger partial charge on any atom is -0.372 e. The summed E-state index contributed by atoms with van der Waals surface area (Å²) >= 11 is 0. The molecule has 7 rings (SSSR count). The average molecular weight is 603 g/mol. The number of benzene rings is 2. The van der Waals surface area contributed by atoms with Crippen molar-refractivity contribution in [3.63, 3.8) is 0 Å². The van der Waals surface area contributed by atoms with Crippen molar-refractivity contribution >= 4 is 28.0 Å². The summed E-state index contributed by atoms with van der Waals surface area (Å²) < 4.78 is 80.7. The van der Waals surface area contributed by atoms with Gasteiger partial charge in [-0.1, -0.05) is 31.5 Å². The number of anilines is 3. The molecule has 1 aromatic heterocycles. The summed E-state index contributed by atoms with van der Waals surface area (Å²) in [4.78, 5) is 32.4. The number of hydrogen-bond acceptors (Lipinski definition) is 6. The van der Waals surface area contributed by atoms with Crippen LogP contribution in [0.3, 0.4) is 0 Å². The van der Waals surface area contributed by atoms with E-state index in [9.17, 15) is 35.9 Å². The molecule has 4 aromatic rings. The Balaban J connectivity index is 1.40. The number of nitrogens with one attached hydrogen (secondary N) is 2. The van der Waals surface area contributed by atoms with Crippen molar-refractivity contribution in [2.45, 2.75) is 50.6 Å². The first kappa shape index (κ1) is 29.2. The number of rotatable bonds is 7. The van der Waals surface area contributed by atoms with Crippen molar-refractivity contribution in [3.8, 4) is 0 Å². The zero-order valence-corrected chi connectivity index (χ0v) is 23.0. The molecule has 3 saturated heterocycles. The van der Waals surface area contributed by atoms with Crippen molar-refractivity contribution in [2.24, 2.45) is 11.8 Å². The third-order valence-electron chi connectivity index (χ3n) is 8.93. The number of para-hydroxylation sites is 1. The van der Waals surface area contributed by atoms with Gasteiger partial charge in [-0.15, -0.1) is 0 Å². The van der Waals surface area contributed by atoms with E-state index in [-0.39, 0.29) is 23.5 Å². The predicted molar refractivity (Wildman–Crippen MR) is 151 cm³/mol. The Bertz CT molecular complexity index is 1710. The van der Waals surface area contributed by atoms with Gasteiger partial charge in [0.2, 0.25) is 0 Å². The molecule has 0 amide bonds. The fraction of sp³-hybridized carbons (Fsp3) is 0.387. The summed E-state index contributed by atoms with van der Waals surface area (Å²) in [5, 5.41) is 6.46. The topological polar surface area (TPSA) is 74.3 Å². The van der Waals surface area contributed by atoms with Crippen LogP contribution in [0.5, 0.6) is 0 Å². The quantitative estimate of drug-likeness (QED) is 0.177.